The summed E-state index contributed by atoms with van der Waals surface area (Å²) in [6.07, 6.45) is 1.92. The Bertz CT molecular complexity index is 710. The van der Waals surface area contributed by atoms with Gasteiger partial charge in [0, 0.05) is 29.8 Å². The van der Waals surface area contributed by atoms with Crippen molar-refractivity contribution in [1.82, 2.24) is 0 Å². The van der Waals surface area contributed by atoms with Gasteiger partial charge in [-0.25, -0.2) is 0 Å². The molecule has 0 N–H and O–H groups in total. The Morgan fingerprint density at radius 3 is 2.68 bits per heavy atom. The molecule has 0 fully saturated rings. The summed E-state index contributed by atoms with van der Waals surface area (Å²) in [5.41, 5.74) is 3.48. The first-order valence-corrected chi connectivity index (χ1v) is 7.25. The van der Waals surface area contributed by atoms with E-state index in [1.807, 2.05) is 42.5 Å². The van der Waals surface area contributed by atoms with Crippen LogP contribution in [0.3, 0.4) is 0 Å². The third-order valence-corrected chi connectivity index (χ3v) is 4.01. The molecular formula is C18H17NO3. The summed E-state index contributed by atoms with van der Waals surface area (Å²) in [5, 5.41) is 0. The summed E-state index contributed by atoms with van der Waals surface area (Å²) in [6.45, 7) is 0.627. The normalized spacial score (nSPS) is 12.9. The number of aldehydes is 1. The van der Waals surface area contributed by atoms with Crippen LogP contribution in [0.4, 0.5) is 5.69 Å². The van der Waals surface area contributed by atoms with E-state index in [9.17, 15) is 9.59 Å². The van der Waals surface area contributed by atoms with Gasteiger partial charge in [0.2, 0.25) is 0 Å². The molecule has 0 aliphatic carbocycles. The van der Waals surface area contributed by atoms with Crippen molar-refractivity contribution in [1.29, 1.82) is 0 Å². The van der Waals surface area contributed by atoms with Crippen LogP contribution in [0.1, 0.15) is 21.5 Å². The van der Waals surface area contributed by atoms with E-state index in [1.165, 1.54) is 0 Å². The predicted molar refractivity (Wildman–Crippen MR) is 84.6 cm³/mol. The Labute approximate surface area is 129 Å². The van der Waals surface area contributed by atoms with E-state index in [-0.39, 0.29) is 5.91 Å². The highest BCUT2D eigenvalue weighted by Crippen LogP contribution is 2.36. The summed E-state index contributed by atoms with van der Waals surface area (Å²) >= 11 is 0. The number of anilines is 1. The van der Waals surface area contributed by atoms with Crippen molar-refractivity contribution in [2.45, 2.75) is 12.8 Å². The Morgan fingerprint density at radius 1 is 1.23 bits per heavy atom. The van der Waals surface area contributed by atoms with E-state index in [0.717, 1.165) is 29.5 Å². The summed E-state index contributed by atoms with van der Waals surface area (Å²) in [4.78, 5) is 25.4. The predicted octanol–water partition coefficient (Wildman–Crippen LogP) is 2.64. The van der Waals surface area contributed by atoms with Crippen molar-refractivity contribution in [2.75, 3.05) is 18.6 Å². The first kappa shape index (κ1) is 14.3. The average Bonchev–Trinajstić information content (AvgIpc) is 3.00. The van der Waals surface area contributed by atoms with Crippen molar-refractivity contribution >= 4 is 17.9 Å². The molecule has 1 amide bonds. The summed E-state index contributed by atoms with van der Waals surface area (Å²) < 4.78 is 5.34. The van der Waals surface area contributed by atoms with E-state index in [0.29, 0.717) is 24.3 Å². The number of hydrogen-bond donors (Lipinski definition) is 0. The lowest BCUT2D eigenvalue weighted by Gasteiger charge is -2.18. The van der Waals surface area contributed by atoms with E-state index in [4.69, 9.17) is 4.74 Å². The molecule has 0 aromatic heterocycles. The van der Waals surface area contributed by atoms with Crippen molar-refractivity contribution in [2.24, 2.45) is 0 Å². The molecule has 112 valence electrons. The fourth-order valence-corrected chi connectivity index (χ4v) is 2.98. The van der Waals surface area contributed by atoms with Crippen LogP contribution >= 0.6 is 0 Å². The van der Waals surface area contributed by atoms with Gasteiger partial charge in [-0.3, -0.25) is 4.79 Å². The molecule has 0 spiro atoms. The van der Waals surface area contributed by atoms with Gasteiger partial charge in [-0.15, -0.1) is 0 Å². The molecular weight excluding hydrogens is 278 g/mol. The number of rotatable bonds is 4. The van der Waals surface area contributed by atoms with Gasteiger partial charge in [-0.05, 0) is 36.2 Å². The lowest BCUT2D eigenvalue weighted by atomic mass is 10.0. The van der Waals surface area contributed by atoms with Crippen LogP contribution in [0.25, 0.3) is 0 Å². The quantitative estimate of drug-likeness (QED) is 0.815. The summed E-state index contributed by atoms with van der Waals surface area (Å²) in [6, 6.07) is 13.0. The number of nitrogens with zero attached hydrogens (tertiary/aromatic N) is 1. The molecule has 0 atom stereocenters. The molecule has 2 aromatic carbocycles. The van der Waals surface area contributed by atoms with E-state index in [2.05, 4.69) is 0 Å². The number of amides is 1. The molecule has 4 nitrogen and oxygen atoms in total. The van der Waals surface area contributed by atoms with Crippen molar-refractivity contribution in [3.05, 3.63) is 59.2 Å². The number of carbonyl (C=O) groups excluding carboxylic acids is 2. The Hall–Kier alpha value is -2.62. The number of carbonyl (C=O) groups is 2. The minimum atomic E-state index is -0.0124. The number of hydrogen-bond acceptors (Lipinski definition) is 3. The minimum Gasteiger partial charge on any atom is -0.496 e. The van der Waals surface area contributed by atoms with Crippen molar-refractivity contribution < 1.29 is 14.3 Å². The lowest BCUT2D eigenvalue weighted by Crippen LogP contribution is -2.28. The van der Waals surface area contributed by atoms with E-state index >= 15 is 0 Å². The third kappa shape index (κ3) is 2.37. The number of ether oxygens (including phenoxy) is 1. The van der Waals surface area contributed by atoms with Gasteiger partial charge in [0.25, 0.3) is 5.91 Å². The molecule has 22 heavy (non-hydrogen) atoms. The fraction of sp³-hybridized carbons (Fsp3) is 0.222. The smallest absolute Gasteiger partial charge is 0.258 e. The zero-order chi connectivity index (χ0) is 15.5. The first-order valence-electron chi connectivity index (χ1n) is 7.25. The van der Waals surface area contributed by atoms with E-state index in [1.54, 1.807) is 12.0 Å². The number of benzene rings is 2. The second kappa shape index (κ2) is 6.02. The van der Waals surface area contributed by atoms with Crippen LogP contribution in [-0.2, 0) is 17.6 Å². The maximum absolute atomic E-state index is 12.7. The highest BCUT2D eigenvalue weighted by molar-refractivity contribution is 6.07. The monoisotopic (exact) mass is 295 g/mol. The summed E-state index contributed by atoms with van der Waals surface area (Å²) in [5.74, 6) is 0.696. The van der Waals surface area contributed by atoms with Gasteiger partial charge < -0.3 is 14.4 Å². The van der Waals surface area contributed by atoms with Crippen LogP contribution < -0.4 is 9.64 Å². The van der Waals surface area contributed by atoms with Gasteiger partial charge in [0.05, 0.1) is 7.11 Å². The Balaban J connectivity index is 2.00. The highest BCUT2D eigenvalue weighted by Gasteiger charge is 2.28. The zero-order valence-electron chi connectivity index (χ0n) is 12.4. The van der Waals surface area contributed by atoms with Gasteiger partial charge >= 0.3 is 0 Å². The SMILES string of the molecule is COc1ccc2c(c1CC=O)CCN2C(=O)c1ccccc1. The molecule has 0 saturated carbocycles. The second-order valence-electron chi connectivity index (χ2n) is 5.19. The molecule has 0 unspecified atom stereocenters. The van der Waals surface area contributed by atoms with Gasteiger partial charge in [0.1, 0.15) is 12.0 Å². The van der Waals surface area contributed by atoms with Crippen molar-refractivity contribution in [3.63, 3.8) is 0 Å². The topological polar surface area (TPSA) is 46.6 Å². The van der Waals surface area contributed by atoms with Crippen molar-refractivity contribution in [3.8, 4) is 5.75 Å². The maximum Gasteiger partial charge on any atom is 0.258 e. The largest absolute Gasteiger partial charge is 0.496 e. The lowest BCUT2D eigenvalue weighted by molar-refractivity contribution is -0.107. The Morgan fingerprint density at radius 2 is 2.00 bits per heavy atom. The molecule has 0 radical (unpaired) electrons. The maximum atomic E-state index is 12.7. The number of fused-ring (bicyclic) bond motifs is 1. The van der Waals surface area contributed by atoms with Crippen LogP contribution in [-0.4, -0.2) is 25.8 Å². The number of methoxy groups -OCH3 is 1. The van der Waals surface area contributed by atoms with Gasteiger partial charge in [0.15, 0.2) is 0 Å². The van der Waals surface area contributed by atoms with Crippen LogP contribution in [0.2, 0.25) is 0 Å². The molecule has 1 aliphatic heterocycles. The molecule has 1 aliphatic rings. The second-order valence-corrected chi connectivity index (χ2v) is 5.19. The average molecular weight is 295 g/mol. The van der Waals surface area contributed by atoms with Crippen LogP contribution in [0.5, 0.6) is 5.75 Å². The first-order chi connectivity index (χ1) is 10.8. The molecule has 4 heteroatoms. The van der Waals surface area contributed by atoms with E-state index < -0.39 is 0 Å². The van der Waals surface area contributed by atoms with Gasteiger partial charge in [-0.2, -0.15) is 0 Å². The van der Waals surface area contributed by atoms with Crippen LogP contribution in [0, 0.1) is 0 Å². The zero-order valence-corrected chi connectivity index (χ0v) is 12.4. The summed E-state index contributed by atoms with van der Waals surface area (Å²) in [7, 11) is 1.60. The molecule has 2 aromatic rings. The molecule has 0 saturated heterocycles. The standard InChI is InChI=1S/C18H17NO3/c1-22-17-8-7-16-14(15(17)10-12-20)9-11-19(16)18(21)13-5-3-2-4-6-13/h2-8,12H,9-11H2,1H3. The fourth-order valence-electron chi connectivity index (χ4n) is 2.98. The molecule has 0 bridgehead atoms. The van der Waals surface area contributed by atoms with Gasteiger partial charge in [-0.1, -0.05) is 18.2 Å². The minimum absolute atomic E-state index is 0.0124. The molecule has 1 heterocycles. The van der Waals surface area contributed by atoms with Crippen LogP contribution in [0.15, 0.2) is 42.5 Å². The third-order valence-electron chi connectivity index (χ3n) is 4.01. The molecule has 3 rings (SSSR count). The Kier molecular flexibility index (Phi) is 3.92. The highest BCUT2D eigenvalue weighted by atomic mass is 16.5.